The lowest BCUT2D eigenvalue weighted by Crippen LogP contribution is -2.55. The number of halogens is 1. The number of ether oxygens (including phenoxy) is 2. The molecule has 0 N–H and O–H groups in total. The molecular formula is C18H21FO4. The van der Waals surface area contributed by atoms with Crippen molar-refractivity contribution >= 4 is 11.8 Å². The molecule has 23 heavy (non-hydrogen) atoms. The van der Waals surface area contributed by atoms with Crippen molar-refractivity contribution in [3.63, 3.8) is 0 Å². The van der Waals surface area contributed by atoms with Crippen LogP contribution in [0, 0.1) is 11.2 Å². The van der Waals surface area contributed by atoms with E-state index in [9.17, 15) is 14.0 Å². The van der Waals surface area contributed by atoms with Crippen molar-refractivity contribution in [3.05, 3.63) is 47.8 Å². The van der Waals surface area contributed by atoms with E-state index in [1.807, 2.05) is 0 Å². The number of aryl methyl sites for hydroxylation is 1. The molecule has 3 atom stereocenters. The van der Waals surface area contributed by atoms with Gasteiger partial charge in [-0.3, -0.25) is 9.59 Å². The summed E-state index contributed by atoms with van der Waals surface area (Å²) in [5, 5.41) is 0. The fourth-order valence-electron chi connectivity index (χ4n) is 2.87. The van der Waals surface area contributed by atoms with Crippen LogP contribution in [0.25, 0.3) is 0 Å². The molecule has 0 aromatic heterocycles. The van der Waals surface area contributed by atoms with Gasteiger partial charge in [0.15, 0.2) is 11.2 Å². The molecule has 0 radical (unpaired) electrons. The quantitative estimate of drug-likeness (QED) is 0.486. The largest absolute Gasteiger partial charge is 0.468 e. The Morgan fingerprint density at radius 2 is 2.00 bits per heavy atom. The second-order valence-electron chi connectivity index (χ2n) is 5.98. The average Bonchev–Trinajstić information content (AvgIpc) is 2.55. The molecule has 1 fully saturated rings. The molecule has 1 heterocycles. The molecule has 0 saturated carbocycles. The summed E-state index contributed by atoms with van der Waals surface area (Å²) >= 11 is 0. The molecular weight excluding hydrogens is 299 g/mol. The highest BCUT2D eigenvalue weighted by molar-refractivity contribution is 6.13. The van der Waals surface area contributed by atoms with Gasteiger partial charge in [0, 0.05) is 5.57 Å². The summed E-state index contributed by atoms with van der Waals surface area (Å²) in [5.74, 6) is -1.27. The standard InChI is InChI=1S/C18H21FO4/c1-11-12(2)23-15(18(3,16(11)20)17(21)22-4)10-7-13-5-8-14(19)9-6-13/h5-6,8-9,12,15H,1,7,10H2,2-4H3. The molecule has 0 bridgehead atoms. The third-order valence-electron chi connectivity index (χ3n) is 4.48. The highest BCUT2D eigenvalue weighted by atomic mass is 19.1. The van der Waals surface area contributed by atoms with Crippen LogP contribution in [0.5, 0.6) is 0 Å². The minimum absolute atomic E-state index is 0.274. The molecule has 0 spiro atoms. The van der Waals surface area contributed by atoms with E-state index in [4.69, 9.17) is 9.47 Å². The van der Waals surface area contributed by atoms with Gasteiger partial charge in [-0.2, -0.15) is 0 Å². The number of hydrogen-bond donors (Lipinski definition) is 0. The Morgan fingerprint density at radius 1 is 1.39 bits per heavy atom. The lowest BCUT2D eigenvalue weighted by Gasteiger charge is -2.41. The molecule has 5 heteroatoms. The van der Waals surface area contributed by atoms with Crippen LogP contribution in [-0.2, 0) is 25.5 Å². The van der Waals surface area contributed by atoms with Gasteiger partial charge < -0.3 is 9.47 Å². The second kappa shape index (κ2) is 6.62. The predicted octanol–water partition coefficient (Wildman–Crippen LogP) is 2.85. The zero-order chi connectivity index (χ0) is 17.2. The molecule has 3 unspecified atom stereocenters. The van der Waals surface area contributed by atoms with Crippen molar-refractivity contribution in [2.24, 2.45) is 5.41 Å². The van der Waals surface area contributed by atoms with Crippen LogP contribution in [0.3, 0.4) is 0 Å². The van der Waals surface area contributed by atoms with Crippen molar-refractivity contribution < 1.29 is 23.5 Å². The molecule has 1 aliphatic heterocycles. The summed E-state index contributed by atoms with van der Waals surface area (Å²) in [6.07, 6.45) is -0.0589. The zero-order valence-corrected chi connectivity index (χ0v) is 13.6. The molecule has 1 aromatic carbocycles. The molecule has 1 saturated heterocycles. The van der Waals surface area contributed by atoms with Crippen molar-refractivity contribution in [2.75, 3.05) is 7.11 Å². The zero-order valence-electron chi connectivity index (χ0n) is 13.6. The van der Waals surface area contributed by atoms with E-state index in [1.165, 1.54) is 26.2 Å². The number of hydrogen-bond acceptors (Lipinski definition) is 4. The third kappa shape index (κ3) is 3.20. The summed E-state index contributed by atoms with van der Waals surface area (Å²) in [4.78, 5) is 24.8. The number of rotatable bonds is 4. The molecule has 0 amide bonds. The number of carbonyl (C=O) groups is 2. The molecule has 4 nitrogen and oxygen atoms in total. The molecule has 124 valence electrons. The number of esters is 1. The highest BCUT2D eigenvalue weighted by Crippen LogP contribution is 2.39. The van der Waals surface area contributed by atoms with Gasteiger partial charge >= 0.3 is 5.97 Å². The van der Waals surface area contributed by atoms with Crippen LogP contribution in [0.15, 0.2) is 36.4 Å². The van der Waals surface area contributed by atoms with Crippen molar-refractivity contribution in [2.45, 2.75) is 38.9 Å². The Labute approximate surface area is 135 Å². The number of Topliss-reactive ketones (excluding diaryl/α,β-unsaturated/α-hetero) is 1. The average molecular weight is 320 g/mol. The Morgan fingerprint density at radius 3 is 2.57 bits per heavy atom. The Hall–Kier alpha value is -2.01. The third-order valence-corrected chi connectivity index (χ3v) is 4.48. The van der Waals surface area contributed by atoms with E-state index in [1.54, 1.807) is 19.1 Å². The maximum Gasteiger partial charge on any atom is 0.322 e. The van der Waals surface area contributed by atoms with E-state index in [-0.39, 0.29) is 17.2 Å². The van der Waals surface area contributed by atoms with Crippen LogP contribution < -0.4 is 0 Å². The van der Waals surface area contributed by atoms with Crippen LogP contribution in [-0.4, -0.2) is 31.1 Å². The van der Waals surface area contributed by atoms with Crippen molar-refractivity contribution in [1.29, 1.82) is 0 Å². The number of carbonyl (C=O) groups excluding carboxylic acids is 2. The lowest BCUT2D eigenvalue weighted by molar-refractivity contribution is -0.175. The second-order valence-corrected chi connectivity index (χ2v) is 5.98. The van der Waals surface area contributed by atoms with Crippen molar-refractivity contribution in [1.82, 2.24) is 0 Å². The number of ketones is 1. The fourth-order valence-corrected chi connectivity index (χ4v) is 2.87. The molecule has 1 aromatic rings. The van der Waals surface area contributed by atoms with Crippen molar-refractivity contribution in [3.8, 4) is 0 Å². The summed E-state index contributed by atoms with van der Waals surface area (Å²) in [5.41, 5.74) is -0.221. The summed E-state index contributed by atoms with van der Waals surface area (Å²) in [6.45, 7) is 7.00. The first-order valence-corrected chi connectivity index (χ1v) is 7.52. The number of methoxy groups -OCH3 is 1. The number of benzene rings is 1. The first-order valence-electron chi connectivity index (χ1n) is 7.52. The van der Waals surface area contributed by atoms with Crippen LogP contribution in [0.4, 0.5) is 4.39 Å². The van der Waals surface area contributed by atoms with E-state index < -0.39 is 23.6 Å². The topological polar surface area (TPSA) is 52.6 Å². The smallest absolute Gasteiger partial charge is 0.322 e. The van der Waals surface area contributed by atoms with Gasteiger partial charge in [0.1, 0.15) is 5.82 Å². The normalized spacial score (nSPS) is 27.8. The highest BCUT2D eigenvalue weighted by Gasteiger charge is 2.54. The first kappa shape index (κ1) is 17.3. The molecule has 0 aliphatic carbocycles. The summed E-state index contributed by atoms with van der Waals surface area (Å²) in [7, 11) is 1.25. The van der Waals surface area contributed by atoms with Gasteiger partial charge in [-0.15, -0.1) is 0 Å². The Bertz CT molecular complexity index is 622. The predicted molar refractivity (Wildman–Crippen MR) is 83.3 cm³/mol. The lowest BCUT2D eigenvalue weighted by atomic mass is 9.72. The van der Waals surface area contributed by atoms with E-state index in [0.29, 0.717) is 12.8 Å². The monoisotopic (exact) mass is 320 g/mol. The maximum absolute atomic E-state index is 13.0. The van der Waals surface area contributed by atoms with Gasteiger partial charge in [-0.1, -0.05) is 18.7 Å². The van der Waals surface area contributed by atoms with Gasteiger partial charge in [0.2, 0.25) is 0 Å². The molecule has 1 aliphatic rings. The van der Waals surface area contributed by atoms with E-state index >= 15 is 0 Å². The summed E-state index contributed by atoms with van der Waals surface area (Å²) < 4.78 is 23.6. The Balaban J connectivity index is 2.22. The van der Waals surface area contributed by atoms with E-state index in [2.05, 4.69) is 6.58 Å². The SMILES string of the molecule is C=C1C(=O)C(C)(C(=O)OC)C(CCc2ccc(F)cc2)OC1C. The van der Waals surface area contributed by atoms with Gasteiger partial charge in [-0.05, 0) is 44.4 Å². The van der Waals surface area contributed by atoms with Gasteiger partial charge in [0.25, 0.3) is 0 Å². The van der Waals surface area contributed by atoms with Crippen LogP contribution in [0.2, 0.25) is 0 Å². The minimum Gasteiger partial charge on any atom is -0.468 e. The first-order chi connectivity index (χ1) is 10.8. The molecule has 2 rings (SSSR count). The Kier molecular flexibility index (Phi) is 5.00. The minimum atomic E-state index is -1.40. The van der Waals surface area contributed by atoms with Crippen LogP contribution >= 0.6 is 0 Å². The summed E-state index contributed by atoms with van der Waals surface area (Å²) in [6, 6.07) is 6.12. The fraction of sp³-hybridized carbons (Fsp3) is 0.444. The van der Waals surface area contributed by atoms with Gasteiger partial charge in [-0.25, -0.2) is 4.39 Å². The van der Waals surface area contributed by atoms with Crippen LogP contribution in [0.1, 0.15) is 25.8 Å². The van der Waals surface area contributed by atoms with Gasteiger partial charge in [0.05, 0.1) is 19.3 Å². The maximum atomic E-state index is 13.0. The van der Waals surface area contributed by atoms with E-state index in [0.717, 1.165) is 5.56 Å².